The van der Waals surface area contributed by atoms with E-state index in [1.54, 1.807) is 12.2 Å². The zero-order valence-electron chi connectivity index (χ0n) is 20.9. The van der Waals surface area contributed by atoms with Gasteiger partial charge < -0.3 is 15.2 Å². The highest BCUT2D eigenvalue weighted by Crippen LogP contribution is 2.31. The first-order valence-electron chi connectivity index (χ1n) is 12.1. The minimum Gasteiger partial charge on any atom is -0.368 e. The van der Waals surface area contributed by atoms with Gasteiger partial charge in [0.15, 0.2) is 5.82 Å². The first kappa shape index (κ1) is 27.0. The van der Waals surface area contributed by atoms with Crippen LogP contribution < -0.4 is 10.6 Å². The number of carbonyl (C=O) groups is 2. The second-order valence-corrected chi connectivity index (χ2v) is 9.80. The SMILES string of the molecule is CC(C)(CNC(=O)CCCc1nc(-c2ccc(C(F)(F)F)cc2)no1)CNC1=C2C=CC=CC2C(=O)N=N1. The molecular formula is C26H27F3N6O3. The monoisotopic (exact) mass is 528 g/mol. The molecule has 2 amide bonds. The van der Waals surface area contributed by atoms with Crippen LogP contribution in [0.1, 0.15) is 38.1 Å². The van der Waals surface area contributed by atoms with E-state index in [4.69, 9.17) is 4.52 Å². The summed E-state index contributed by atoms with van der Waals surface area (Å²) in [5.41, 5.74) is 0.115. The Morgan fingerprint density at radius 1 is 1.08 bits per heavy atom. The number of aryl methyl sites for hydroxylation is 1. The molecule has 0 spiro atoms. The summed E-state index contributed by atoms with van der Waals surface area (Å²) in [6.45, 7) is 4.89. The van der Waals surface area contributed by atoms with Gasteiger partial charge in [-0.1, -0.05) is 55.4 Å². The van der Waals surface area contributed by atoms with Gasteiger partial charge >= 0.3 is 6.18 Å². The van der Waals surface area contributed by atoms with Crippen LogP contribution in [0.15, 0.2) is 74.7 Å². The third-order valence-electron chi connectivity index (χ3n) is 6.05. The molecule has 9 nitrogen and oxygen atoms in total. The van der Waals surface area contributed by atoms with Gasteiger partial charge in [0.1, 0.15) is 0 Å². The predicted molar refractivity (Wildman–Crippen MR) is 131 cm³/mol. The standard InChI is InChI=1S/C26H27F3N6O3/c1-25(2,15-31-23-18-6-3-4-7-19(18)24(37)34-33-23)14-30-20(36)8-5-9-21-32-22(35-38-21)16-10-12-17(13-11-16)26(27,28)29/h3-4,6-7,10-13,19,31H,5,8-9,14-15H2,1-2H3,(H,30,36). The summed E-state index contributed by atoms with van der Waals surface area (Å²) in [4.78, 5) is 28.5. The normalized spacial score (nSPS) is 17.1. The number of hydrogen-bond donors (Lipinski definition) is 2. The van der Waals surface area contributed by atoms with Crippen molar-refractivity contribution in [2.75, 3.05) is 13.1 Å². The quantitative estimate of drug-likeness (QED) is 0.459. The molecule has 1 aromatic heterocycles. The van der Waals surface area contributed by atoms with Crippen molar-refractivity contribution < 1.29 is 27.3 Å². The van der Waals surface area contributed by atoms with Gasteiger partial charge in [0.05, 0.1) is 11.5 Å². The maximum Gasteiger partial charge on any atom is 0.416 e. The van der Waals surface area contributed by atoms with E-state index < -0.39 is 17.7 Å². The van der Waals surface area contributed by atoms with Crippen molar-refractivity contribution in [3.63, 3.8) is 0 Å². The molecule has 2 heterocycles. The highest BCUT2D eigenvalue weighted by Gasteiger charge is 2.30. The minimum absolute atomic E-state index is 0.133. The largest absolute Gasteiger partial charge is 0.416 e. The molecule has 0 bridgehead atoms. The van der Waals surface area contributed by atoms with Gasteiger partial charge in [-0.05, 0) is 24.0 Å². The third-order valence-corrected chi connectivity index (χ3v) is 6.05. The third kappa shape index (κ3) is 6.81. The maximum atomic E-state index is 12.7. The summed E-state index contributed by atoms with van der Waals surface area (Å²) >= 11 is 0. The lowest BCUT2D eigenvalue weighted by Gasteiger charge is -2.27. The molecule has 2 aliphatic rings. The summed E-state index contributed by atoms with van der Waals surface area (Å²) in [6, 6.07) is 4.50. The van der Waals surface area contributed by atoms with E-state index in [2.05, 4.69) is 31.0 Å². The average Bonchev–Trinajstić information content (AvgIpc) is 3.36. The van der Waals surface area contributed by atoms with E-state index >= 15 is 0 Å². The fraction of sp³-hybridized carbons (Fsp3) is 0.385. The van der Waals surface area contributed by atoms with Crippen LogP contribution in [-0.4, -0.2) is 35.0 Å². The zero-order chi connectivity index (χ0) is 27.3. The second kappa shape index (κ2) is 11.1. The highest BCUT2D eigenvalue weighted by atomic mass is 19.4. The number of halogens is 3. The number of carbonyl (C=O) groups excluding carboxylic acids is 2. The van der Waals surface area contributed by atoms with Crippen LogP contribution >= 0.6 is 0 Å². The van der Waals surface area contributed by atoms with Gasteiger partial charge in [0.25, 0.3) is 5.91 Å². The number of azo groups is 1. The van der Waals surface area contributed by atoms with Crippen molar-refractivity contribution in [3.8, 4) is 11.4 Å². The van der Waals surface area contributed by atoms with E-state index in [9.17, 15) is 22.8 Å². The number of alkyl halides is 3. The maximum absolute atomic E-state index is 12.7. The molecule has 1 aromatic carbocycles. The van der Waals surface area contributed by atoms with Crippen molar-refractivity contribution in [2.24, 2.45) is 21.6 Å². The molecule has 0 saturated carbocycles. The first-order valence-corrected chi connectivity index (χ1v) is 12.1. The summed E-state index contributed by atoms with van der Waals surface area (Å²) in [5.74, 6) is 0.186. The lowest BCUT2D eigenvalue weighted by Crippen LogP contribution is -2.40. The van der Waals surface area contributed by atoms with Gasteiger partial charge in [-0.3, -0.25) is 9.59 Å². The van der Waals surface area contributed by atoms with E-state index in [0.717, 1.165) is 17.7 Å². The number of amides is 2. The van der Waals surface area contributed by atoms with Crippen molar-refractivity contribution in [2.45, 2.75) is 39.3 Å². The van der Waals surface area contributed by atoms with Crippen molar-refractivity contribution >= 4 is 11.8 Å². The molecule has 0 saturated heterocycles. The lowest BCUT2D eigenvalue weighted by molar-refractivity contribution is -0.137. The van der Waals surface area contributed by atoms with Gasteiger partial charge in [-0.2, -0.15) is 18.2 Å². The Kier molecular flexibility index (Phi) is 7.88. The number of fused-ring (bicyclic) bond motifs is 1. The number of allylic oxidation sites excluding steroid dienone is 3. The van der Waals surface area contributed by atoms with Crippen LogP contribution in [-0.2, 0) is 22.2 Å². The van der Waals surface area contributed by atoms with Crippen LogP contribution in [0.3, 0.4) is 0 Å². The van der Waals surface area contributed by atoms with Crippen molar-refractivity contribution in [1.29, 1.82) is 0 Å². The molecule has 1 aliphatic heterocycles. The van der Waals surface area contributed by atoms with Crippen LogP contribution in [0, 0.1) is 11.3 Å². The summed E-state index contributed by atoms with van der Waals surface area (Å²) < 4.78 is 43.3. The Bertz CT molecular complexity index is 1310. The molecule has 12 heteroatoms. The Morgan fingerprint density at radius 2 is 1.84 bits per heavy atom. The number of rotatable bonds is 10. The second-order valence-electron chi connectivity index (χ2n) is 9.80. The van der Waals surface area contributed by atoms with Crippen LogP contribution in [0.2, 0.25) is 0 Å². The van der Waals surface area contributed by atoms with Crippen LogP contribution in [0.4, 0.5) is 13.2 Å². The molecule has 0 fully saturated rings. The minimum atomic E-state index is -4.41. The number of hydrogen-bond acceptors (Lipinski definition) is 7. The van der Waals surface area contributed by atoms with E-state index in [1.165, 1.54) is 12.1 Å². The summed E-state index contributed by atoms with van der Waals surface area (Å²) in [7, 11) is 0. The molecule has 200 valence electrons. The average molecular weight is 529 g/mol. The fourth-order valence-corrected chi connectivity index (χ4v) is 3.83. The molecule has 4 rings (SSSR count). The van der Waals surface area contributed by atoms with Crippen molar-refractivity contribution in [3.05, 3.63) is 71.4 Å². The highest BCUT2D eigenvalue weighted by molar-refractivity contribution is 5.86. The number of benzene rings is 1. The van der Waals surface area contributed by atoms with Crippen molar-refractivity contribution in [1.82, 2.24) is 20.8 Å². The lowest BCUT2D eigenvalue weighted by atomic mass is 9.91. The van der Waals surface area contributed by atoms with E-state index in [1.807, 2.05) is 26.0 Å². The molecule has 1 atom stereocenters. The van der Waals surface area contributed by atoms with Gasteiger partial charge in [-0.25, -0.2) is 0 Å². The topological polar surface area (TPSA) is 122 Å². The molecule has 1 unspecified atom stereocenters. The fourth-order valence-electron chi connectivity index (χ4n) is 3.83. The molecular weight excluding hydrogens is 501 g/mol. The molecule has 2 N–H and O–H groups in total. The Balaban J connectivity index is 1.20. The number of nitrogens with one attached hydrogen (secondary N) is 2. The molecule has 38 heavy (non-hydrogen) atoms. The first-order chi connectivity index (χ1) is 18.0. The van der Waals surface area contributed by atoms with Gasteiger partial charge in [0, 0.05) is 37.1 Å². The summed E-state index contributed by atoms with van der Waals surface area (Å²) in [5, 5.41) is 17.7. The Hall–Kier alpha value is -4.09. The van der Waals surface area contributed by atoms with Crippen LogP contribution in [0.5, 0.6) is 0 Å². The molecule has 1 aliphatic carbocycles. The number of aromatic nitrogens is 2. The van der Waals surface area contributed by atoms with E-state index in [0.29, 0.717) is 43.2 Å². The molecule has 2 aromatic rings. The Labute approximate surface area is 217 Å². The summed E-state index contributed by atoms with van der Waals surface area (Å²) in [6.07, 6.45) is 3.92. The molecule has 0 radical (unpaired) electrons. The zero-order valence-corrected chi connectivity index (χ0v) is 20.9. The number of nitrogens with zero attached hydrogens (tertiary/aromatic N) is 4. The van der Waals surface area contributed by atoms with E-state index in [-0.39, 0.29) is 29.5 Å². The van der Waals surface area contributed by atoms with Gasteiger partial charge in [-0.15, -0.1) is 10.2 Å². The Morgan fingerprint density at radius 3 is 2.58 bits per heavy atom. The van der Waals surface area contributed by atoms with Crippen LogP contribution in [0.25, 0.3) is 11.4 Å². The predicted octanol–water partition coefficient (Wildman–Crippen LogP) is 4.76. The smallest absolute Gasteiger partial charge is 0.368 e. The van der Waals surface area contributed by atoms with Gasteiger partial charge in [0.2, 0.25) is 17.6 Å².